The molecule has 1 aliphatic heterocycles. The van der Waals surface area contributed by atoms with Gasteiger partial charge in [-0.15, -0.1) is 5.10 Å². The molecule has 146 valence electrons. The van der Waals surface area contributed by atoms with Crippen molar-refractivity contribution >= 4 is 40.2 Å². The van der Waals surface area contributed by atoms with Gasteiger partial charge < -0.3 is 10.2 Å². The Morgan fingerprint density at radius 3 is 2.79 bits per heavy atom. The predicted molar refractivity (Wildman–Crippen MR) is 103 cm³/mol. The molecule has 2 aromatic heterocycles. The van der Waals surface area contributed by atoms with Crippen molar-refractivity contribution in [3.63, 3.8) is 0 Å². The number of carbonyl (C=O) groups excluding carboxylic acids is 1. The van der Waals surface area contributed by atoms with E-state index in [0.29, 0.717) is 43.0 Å². The molecule has 1 amide bonds. The first-order valence-corrected chi connectivity index (χ1v) is 9.11. The lowest BCUT2D eigenvalue weighted by Crippen LogP contribution is -2.49. The predicted octanol–water partition coefficient (Wildman–Crippen LogP) is 1.31. The molecule has 0 unspecified atom stereocenters. The van der Waals surface area contributed by atoms with Crippen LogP contribution in [0.15, 0.2) is 24.5 Å². The number of nitrogens with zero attached hydrogens (tertiary/aromatic N) is 7. The molecule has 3 heterocycles. The largest absolute Gasteiger partial charge is 0.352 e. The molecule has 1 fully saturated rings. The van der Waals surface area contributed by atoms with Gasteiger partial charge in [-0.1, -0.05) is 16.8 Å². The fraction of sp³-hybridized carbons (Fsp3) is 0.353. The molecule has 28 heavy (non-hydrogen) atoms. The van der Waals surface area contributed by atoms with Crippen LogP contribution < -0.4 is 10.2 Å². The maximum Gasteiger partial charge on any atom is 0.238 e. The number of piperazine rings is 1. The van der Waals surface area contributed by atoms with Gasteiger partial charge in [0.25, 0.3) is 0 Å². The molecule has 1 N–H and O–H groups in total. The fourth-order valence-electron chi connectivity index (χ4n) is 3.17. The second kappa shape index (κ2) is 7.64. The lowest BCUT2D eigenvalue weighted by Gasteiger charge is -2.34. The van der Waals surface area contributed by atoms with Crippen molar-refractivity contribution in [2.45, 2.75) is 0 Å². The third-order valence-electron chi connectivity index (χ3n) is 4.61. The zero-order valence-electron chi connectivity index (χ0n) is 15.1. The van der Waals surface area contributed by atoms with E-state index in [0.717, 1.165) is 5.82 Å². The van der Waals surface area contributed by atoms with Crippen LogP contribution in [0.2, 0.25) is 5.02 Å². The quantitative estimate of drug-likeness (QED) is 0.700. The Labute approximate surface area is 165 Å². The van der Waals surface area contributed by atoms with E-state index in [1.165, 1.54) is 24.5 Å². The van der Waals surface area contributed by atoms with E-state index in [-0.39, 0.29) is 17.5 Å². The summed E-state index contributed by atoms with van der Waals surface area (Å²) in [6, 6.07) is 4.11. The molecule has 0 radical (unpaired) electrons. The summed E-state index contributed by atoms with van der Waals surface area (Å²) in [6.45, 7) is 3.05. The molecular formula is C17H18ClFN8O. The number of anilines is 2. The van der Waals surface area contributed by atoms with Crippen LogP contribution in [0.25, 0.3) is 11.2 Å². The maximum atomic E-state index is 13.2. The van der Waals surface area contributed by atoms with Crippen molar-refractivity contribution < 1.29 is 9.18 Å². The van der Waals surface area contributed by atoms with Gasteiger partial charge in [-0.3, -0.25) is 9.69 Å². The summed E-state index contributed by atoms with van der Waals surface area (Å²) in [4.78, 5) is 25.0. The van der Waals surface area contributed by atoms with E-state index in [1.54, 1.807) is 11.7 Å². The first-order valence-electron chi connectivity index (χ1n) is 8.74. The molecule has 0 spiro atoms. The average molecular weight is 405 g/mol. The highest BCUT2D eigenvalue weighted by Gasteiger charge is 2.23. The van der Waals surface area contributed by atoms with Crippen LogP contribution in [0, 0.1) is 5.82 Å². The van der Waals surface area contributed by atoms with Gasteiger partial charge in [-0.25, -0.2) is 19.0 Å². The van der Waals surface area contributed by atoms with Crippen molar-refractivity contribution in [3.8, 4) is 0 Å². The highest BCUT2D eigenvalue weighted by molar-refractivity contribution is 6.31. The molecule has 1 aliphatic rings. The van der Waals surface area contributed by atoms with E-state index in [9.17, 15) is 9.18 Å². The standard InChI is InChI=1S/C17H18ClFN8O/c1-25-16-15(23-24-25)17(21-10-20-16)27-6-4-26(5-7-27)9-14(28)22-11-2-3-13(19)12(18)8-11/h2-3,8,10H,4-7,9H2,1H3,(H,22,28). The van der Waals surface area contributed by atoms with Gasteiger partial charge >= 0.3 is 0 Å². The number of hydrogen-bond donors (Lipinski definition) is 1. The number of amides is 1. The van der Waals surface area contributed by atoms with E-state index in [1.807, 2.05) is 4.90 Å². The molecule has 0 atom stereocenters. The van der Waals surface area contributed by atoms with E-state index in [4.69, 9.17) is 11.6 Å². The molecule has 3 aromatic rings. The van der Waals surface area contributed by atoms with Gasteiger partial charge in [-0.2, -0.15) is 0 Å². The summed E-state index contributed by atoms with van der Waals surface area (Å²) in [5.74, 6) is 0.0651. The summed E-state index contributed by atoms with van der Waals surface area (Å²) >= 11 is 5.74. The minimum atomic E-state index is -0.516. The SMILES string of the molecule is Cn1nnc2c(N3CCN(CC(=O)Nc4ccc(F)c(Cl)c4)CC3)ncnc21. The minimum absolute atomic E-state index is 0.0217. The Balaban J connectivity index is 1.35. The lowest BCUT2D eigenvalue weighted by atomic mass is 10.3. The van der Waals surface area contributed by atoms with Crippen molar-refractivity contribution in [2.75, 3.05) is 42.9 Å². The zero-order chi connectivity index (χ0) is 19.7. The normalized spacial score (nSPS) is 15.2. The Hall–Kier alpha value is -2.85. The third-order valence-corrected chi connectivity index (χ3v) is 4.90. The maximum absolute atomic E-state index is 13.2. The lowest BCUT2D eigenvalue weighted by molar-refractivity contribution is -0.117. The zero-order valence-corrected chi connectivity index (χ0v) is 15.9. The molecule has 9 nitrogen and oxygen atoms in total. The molecule has 1 saturated heterocycles. The van der Waals surface area contributed by atoms with Crippen LogP contribution in [-0.2, 0) is 11.8 Å². The number of benzene rings is 1. The monoisotopic (exact) mass is 404 g/mol. The topological polar surface area (TPSA) is 92.1 Å². The number of carbonyl (C=O) groups is 1. The second-order valence-corrected chi connectivity index (χ2v) is 6.93. The number of halogens is 2. The van der Waals surface area contributed by atoms with Gasteiger partial charge in [0.2, 0.25) is 5.91 Å². The van der Waals surface area contributed by atoms with Crippen molar-refractivity contribution in [3.05, 3.63) is 35.4 Å². The van der Waals surface area contributed by atoms with Gasteiger partial charge in [0.05, 0.1) is 11.6 Å². The van der Waals surface area contributed by atoms with Gasteiger partial charge in [0.15, 0.2) is 17.0 Å². The Morgan fingerprint density at radius 2 is 2.04 bits per heavy atom. The van der Waals surface area contributed by atoms with E-state index < -0.39 is 5.82 Å². The Kier molecular flexibility index (Phi) is 5.05. The number of aromatic nitrogens is 5. The number of rotatable bonds is 4. The Morgan fingerprint density at radius 1 is 1.25 bits per heavy atom. The summed E-state index contributed by atoms with van der Waals surface area (Å²) < 4.78 is 14.8. The smallest absolute Gasteiger partial charge is 0.238 e. The van der Waals surface area contributed by atoms with Crippen LogP contribution in [0.1, 0.15) is 0 Å². The highest BCUT2D eigenvalue weighted by Crippen LogP contribution is 2.22. The van der Waals surface area contributed by atoms with Crippen LogP contribution in [0.5, 0.6) is 0 Å². The van der Waals surface area contributed by atoms with Gasteiger partial charge in [-0.05, 0) is 18.2 Å². The van der Waals surface area contributed by atoms with Crippen molar-refractivity contribution in [2.24, 2.45) is 7.05 Å². The molecule has 11 heteroatoms. The summed E-state index contributed by atoms with van der Waals surface area (Å²) in [6.07, 6.45) is 1.51. The molecule has 1 aromatic carbocycles. The van der Waals surface area contributed by atoms with Crippen LogP contribution >= 0.6 is 11.6 Å². The molecule has 0 aliphatic carbocycles. The third kappa shape index (κ3) is 3.73. The van der Waals surface area contributed by atoms with Crippen LogP contribution in [-0.4, -0.2) is 68.5 Å². The number of aryl methyl sites for hydroxylation is 1. The molecule has 4 rings (SSSR count). The fourth-order valence-corrected chi connectivity index (χ4v) is 3.35. The number of fused-ring (bicyclic) bond motifs is 1. The minimum Gasteiger partial charge on any atom is -0.352 e. The Bertz CT molecular complexity index is 1020. The molecular weight excluding hydrogens is 387 g/mol. The van der Waals surface area contributed by atoms with Gasteiger partial charge in [0, 0.05) is 38.9 Å². The highest BCUT2D eigenvalue weighted by atomic mass is 35.5. The van der Waals surface area contributed by atoms with Crippen molar-refractivity contribution in [1.29, 1.82) is 0 Å². The second-order valence-electron chi connectivity index (χ2n) is 6.52. The van der Waals surface area contributed by atoms with E-state index >= 15 is 0 Å². The summed E-state index contributed by atoms with van der Waals surface area (Å²) in [5.41, 5.74) is 1.83. The number of nitrogens with one attached hydrogen (secondary N) is 1. The summed E-state index contributed by atoms with van der Waals surface area (Å²) in [7, 11) is 1.79. The van der Waals surface area contributed by atoms with E-state index in [2.05, 4.69) is 30.5 Å². The van der Waals surface area contributed by atoms with Crippen LogP contribution in [0.4, 0.5) is 15.9 Å². The first-order chi connectivity index (χ1) is 13.5. The average Bonchev–Trinajstić information content (AvgIpc) is 3.07. The number of hydrogen-bond acceptors (Lipinski definition) is 7. The van der Waals surface area contributed by atoms with Crippen molar-refractivity contribution in [1.82, 2.24) is 29.9 Å². The first kappa shape index (κ1) is 18.5. The molecule has 0 bridgehead atoms. The van der Waals surface area contributed by atoms with Crippen LogP contribution in [0.3, 0.4) is 0 Å². The molecule has 0 saturated carbocycles. The van der Waals surface area contributed by atoms with Gasteiger partial charge in [0.1, 0.15) is 12.1 Å². The summed E-state index contributed by atoms with van der Waals surface area (Å²) in [5, 5.41) is 10.9.